The largest absolute Gasteiger partial charge is 0.416 e. The Morgan fingerprint density at radius 1 is 1.13 bits per heavy atom. The molecule has 0 spiro atoms. The Labute approximate surface area is 134 Å². The summed E-state index contributed by atoms with van der Waals surface area (Å²) in [4.78, 5) is 2.35. The first kappa shape index (κ1) is 16.4. The molecule has 3 rings (SSSR count). The molecule has 1 saturated carbocycles. The SMILES string of the molecule is FC(F)(F)c1ccc(C#CCN2CCOC3CCCCC32)cc1. The van der Waals surface area contributed by atoms with Crippen LogP contribution in [0.5, 0.6) is 0 Å². The minimum Gasteiger partial charge on any atom is -0.375 e. The molecular weight excluding hydrogens is 303 g/mol. The Morgan fingerprint density at radius 2 is 1.87 bits per heavy atom. The number of rotatable bonds is 1. The third kappa shape index (κ3) is 4.07. The van der Waals surface area contributed by atoms with E-state index in [1.165, 1.54) is 25.0 Å². The van der Waals surface area contributed by atoms with Crippen LogP contribution in [0.25, 0.3) is 0 Å². The average Bonchev–Trinajstić information content (AvgIpc) is 2.55. The van der Waals surface area contributed by atoms with Gasteiger partial charge in [-0.1, -0.05) is 24.7 Å². The zero-order chi connectivity index (χ0) is 16.3. The lowest BCUT2D eigenvalue weighted by atomic mass is 9.90. The normalized spacial score (nSPS) is 25.3. The number of hydrogen-bond acceptors (Lipinski definition) is 2. The number of benzene rings is 1. The first-order chi connectivity index (χ1) is 11.0. The Bertz CT molecular complexity index is 583. The van der Waals surface area contributed by atoms with Crippen molar-refractivity contribution >= 4 is 0 Å². The van der Waals surface area contributed by atoms with E-state index < -0.39 is 11.7 Å². The Balaban J connectivity index is 1.61. The van der Waals surface area contributed by atoms with Gasteiger partial charge in [0.1, 0.15) is 0 Å². The van der Waals surface area contributed by atoms with E-state index in [0.717, 1.165) is 38.1 Å². The predicted molar refractivity (Wildman–Crippen MR) is 81.9 cm³/mol. The summed E-state index contributed by atoms with van der Waals surface area (Å²) in [6.45, 7) is 2.26. The highest BCUT2D eigenvalue weighted by atomic mass is 19.4. The number of ether oxygens (including phenoxy) is 1. The molecule has 1 aliphatic carbocycles. The fraction of sp³-hybridized carbons (Fsp3) is 0.556. The Kier molecular flexibility index (Phi) is 4.93. The maximum atomic E-state index is 12.5. The van der Waals surface area contributed by atoms with Gasteiger partial charge in [-0.2, -0.15) is 13.2 Å². The lowest BCUT2D eigenvalue weighted by Crippen LogP contribution is -2.52. The van der Waals surface area contributed by atoms with Crippen molar-refractivity contribution in [2.24, 2.45) is 0 Å². The van der Waals surface area contributed by atoms with Crippen LogP contribution >= 0.6 is 0 Å². The van der Waals surface area contributed by atoms with Crippen molar-refractivity contribution in [1.82, 2.24) is 4.90 Å². The van der Waals surface area contributed by atoms with Crippen molar-refractivity contribution in [3.8, 4) is 11.8 Å². The predicted octanol–water partition coefficient (Wildman–Crippen LogP) is 3.70. The van der Waals surface area contributed by atoms with Gasteiger partial charge in [0.05, 0.1) is 24.8 Å². The zero-order valence-corrected chi connectivity index (χ0v) is 12.9. The second kappa shape index (κ2) is 6.94. The van der Waals surface area contributed by atoms with Gasteiger partial charge in [-0.15, -0.1) is 0 Å². The van der Waals surface area contributed by atoms with Crippen molar-refractivity contribution in [3.63, 3.8) is 0 Å². The third-order valence-electron chi connectivity index (χ3n) is 4.57. The first-order valence-electron chi connectivity index (χ1n) is 8.06. The highest BCUT2D eigenvalue weighted by molar-refractivity contribution is 5.37. The molecule has 2 unspecified atom stereocenters. The Hall–Kier alpha value is -1.51. The third-order valence-corrected chi connectivity index (χ3v) is 4.57. The van der Waals surface area contributed by atoms with E-state index in [9.17, 15) is 13.2 Å². The number of fused-ring (bicyclic) bond motifs is 1. The zero-order valence-electron chi connectivity index (χ0n) is 12.9. The van der Waals surface area contributed by atoms with E-state index in [0.29, 0.717) is 24.3 Å². The van der Waals surface area contributed by atoms with Crippen LogP contribution in [0.4, 0.5) is 13.2 Å². The first-order valence-corrected chi connectivity index (χ1v) is 8.06. The van der Waals surface area contributed by atoms with Gasteiger partial charge in [-0.25, -0.2) is 0 Å². The van der Waals surface area contributed by atoms with Crippen LogP contribution in [-0.4, -0.2) is 36.7 Å². The van der Waals surface area contributed by atoms with Gasteiger partial charge >= 0.3 is 6.18 Å². The van der Waals surface area contributed by atoms with Gasteiger partial charge in [0.15, 0.2) is 0 Å². The molecule has 1 heterocycles. The second-order valence-electron chi connectivity index (χ2n) is 6.11. The van der Waals surface area contributed by atoms with Crippen LogP contribution in [0, 0.1) is 11.8 Å². The van der Waals surface area contributed by atoms with Crippen molar-refractivity contribution in [2.75, 3.05) is 19.7 Å². The van der Waals surface area contributed by atoms with E-state index in [1.54, 1.807) is 0 Å². The molecule has 2 nitrogen and oxygen atoms in total. The van der Waals surface area contributed by atoms with Gasteiger partial charge in [-0.05, 0) is 37.1 Å². The van der Waals surface area contributed by atoms with E-state index >= 15 is 0 Å². The molecule has 0 amide bonds. The molecule has 2 fully saturated rings. The second-order valence-corrected chi connectivity index (χ2v) is 6.11. The molecule has 1 saturated heterocycles. The fourth-order valence-corrected chi connectivity index (χ4v) is 3.36. The highest BCUT2D eigenvalue weighted by Gasteiger charge is 2.33. The van der Waals surface area contributed by atoms with Crippen molar-refractivity contribution in [1.29, 1.82) is 0 Å². The van der Waals surface area contributed by atoms with Crippen LogP contribution in [0.2, 0.25) is 0 Å². The smallest absolute Gasteiger partial charge is 0.375 e. The van der Waals surface area contributed by atoms with Crippen LogP contribution in [0.1, 0.15) is 36.8 Å². The van der Waals surface area contributed by atoms with Crippen molar-refractivity contribution in [2.45, 2.75) is 44.0 Å². The molecule has 5 heteroatoms. The molecule has 1 aromatic rings. The van der Waals surface area contributed by atoms with Crippen LogP contribution in [0.15, 0.2) is 24.3 Å². The number of alkyl halides is 3. The molecule has 1 aromatic carbocycles. The summed E-state index contributed by atoms with van der Waals surface area (Å²) in [6, 6.07) is 5.46. The lowest BCUT2D eigenvalue weighted by Gasteiger charge is -2.43. The van der Waals surface area contributed by atoms with Crippen molar-refractivity contribution in [3.05, 3.63) is 35.4 Å². The molecule has 2 aliphatic rings. The molecular formula is C18H20F3NO. The minimum absolute atomic E-state index is 0.324. The van der Waals surface area contributed by atoms with E-state index in [1.807, 2.05) is 0 Å². The van der Waals surface area contributed by atoms with Crippen LogP contribution in [-0.2, 0) is 10.9 Å². The molecule has 0 radical (unpaired) electrons. The maximum Gasteiger partial charge on any atom is 0.416 e. The average molecular weight is 323 g/mol. The maximum absolute atomic E-state index is 12.5. The summed E-state index contributed by atoms with van der Waals surface area (Å²) < 4.78 is 43.4. The van der Waals surface area contributed by atoms with E-state index in [2.05, 4.69) is 16.7 Å². The van der Waals surface area contributed by atoms with Crippen LogP contribution in [0.3, 0.4) is 0 Å². The van der Waals surface area contributed by atoms with E-state index in [-0.39, 0.29) is 0 Å². The lowest BCUT2D eigenvalue weighted by molar-refractivity contribution is -0.137. The standard InChI is InChI=1S/C18H20F3NO/c19-18(20,21)15-9-7-14(8-10-15)4-3-11-22-12-13-23-17-6-2-1-5-16(17)22/h7-10,16-17H,1-2,5-6,11-13H2. The summed E-state index contributed by atoms with van der Waals surface area (Å²) in [5.41, 5.74) is -0.0206. The summed E-state index contributed by atoms with van der Waals surface area (Å²) in [7, 11) is 0. The number of hydrogen-bond donors (Lipinski definition) is 0. The molecule has 0 bridgehead atoms. The van der Waals surface area contributed by atoms with Gasteiger partial charge < -0.3 is 4.74 Å². The highest BCUT2D eigenvalue weighted by Crippen LogP contribution is 2.29. The molecule has 0 aromatic heterocycles. The molecule has 0 N–H and O–H groups in total. The summed E-state index contributed by atoms with van der Waals surface area (Å²) in [5, 5.41) is 0. The van der Waals surface area contributed by atoms with Gasteiger partial charge in [0.25, 0.3) is 0 Å². The number of morpholine rings is 1. The van der Waals surface area contributed by atoms with Crippen LogP contribution < -0.4 is 0 Å². The topological polar surface area (TPSA) is 12.5 Å². The van der Waals surface area contributed by atoms with Gasteiger partial charge in [0.2, 0.25) is 0 Å². The molecule has 23 heavy (non-hydrogen) atoms. The fourth-order valence-electron chi connectivity index (χ4n) is 3.36. The molecule has 2 atom stereocenters. The van der Waals surface area contributed by atoms with Crippen molar-refractivity contribution < 1.29 is 17.9 Å². The number of nitrogens with zero attached hydrogens (tertiary/aromatic N) is 1. The summed E-state index contributed by atoms with van der Waals surface area (Å²) in [6.07, 6.45) is 0.750. The van der Waals surface area contributed by atoms with E-state index in [4.69, 9.17) is 4.74 Å². The molecule has 1 aliphatic heterocycles. The quantitative estimate of drug-likeness (QED) is 0.731. The summed E-state index contributed by atoms with van der Waals surface area (Å²) in [5.74, 6) is 6.07. The van der Waals surface area contributed by atoms with Gasteiger partial charge in [-0.3, -0.25) is 4.90 Å². The van der Waals surface area contributed by atoms with Gasteiger partial charge in [0, 0.05) is 18.2 Å². The minimum atomic E-state index is -4.30. The Morgan fingerprint density at radius 3 is 2.61 bits per heavy atom. The summed E-state index contributed by atoms with van der Waals surface area (Å²) >= 11 is 0. The monoisotopic (exact) mass is 323 g/mol. The molecule has 124 valence electrons. The number of halogens is 3.